The van der Waals surface area contributed by atoms with Gasteiger partial charge in [-0.05, 0) is 44.8 Å². The maximum absolute atomic E-state index is 13.7. The number of benzene rings is 2. The van der Waals surface area contributed by atoms with Crippen molar-refractivity contribution < 1.29 is 9.18 Å². The van der Waals surface area contributed by atoms with Crippen molar-refractivity contribution in [3.05, 3.63) is 68.9 Å². The van der Waals surface area contributed by atoms with Gasteiger partial charge in [0.05, 0.1) is 5.56 Å². The summed E-state index contributed by atoms with van der Waals surface area (Å²) >= 11 is 3.21. The van der Waals surface area contributed by atoms with Gasteiger partial charge in [-0.2, -0.15) is 0 Å². The van der Waals surface area contributed by atoms with Crippen LogP contribution in [0.3, 0.4) is 0 Å². The molecule has 0 spiro atoms. The zero-order valence-corrected chi connectivity index (χ0v) is 12.8. The Morgan fingerprint density at radius 3 is 2.86 bits per heavy atom. The van der Waals surface area contributed by atoms with E-state index in [9.17, 15) is 9.18 Å². The number of hydrogen-bond acceptors (Lipinski definition) is 2. The van der Waals surface area contributed by atoms with Gasteiger partial charge in [0, 0.05) is 24.1 Å². The van der Waals surface area contributed by atoms with Crippen LogP contribution in [-0.2, 0) is 19.6 Å². The number of fused-ring (bicyclic) bond motifs is 1. The number of carbonyl (C=O) groups excluding carboxylic acids is 1. The topological polar surface area (TPSA) is 41.1 Å². The summed E-state index contributed by atoms with van der Waals surface area (Å²) in [5.74, 6) is -0.946. The van der Waals surface area contributed by atoms with Gasteiger partial charge in [0.25, 0.3) is 5.91 Å². The Morgan fingerprint density at radius 2 is 2.05 bits per heavy atom. The molecule has 0 radical (unpaired) electrons. The van der Waals surface area contributed by atoms with E-state index in [-0.39, 0.29) is 5.56 Å². The van der Waals surface area contributed by atoms with E-state index in [1.165, 1.54) is 17.2 Å². The average molecular weight is 349 g/mol. The highest BCUT2D eigenvalue weighted by Gasteiger charge is 2.15. The van der Waals surface area contributed by atoms with Crippen LogP contribution < -0.4 is 10.6 Å². The Bertz CT molecular complexity index is 682. The number of rotatable bonds is 3. The molecule has 0 atom stereocenters. The highest BCUT2D eigenvalue weighted by Crippen LogP contribution is 2.20. The van der Waals surface area contributed by atoms with Crippen molar-refractivity contribution in [3.8, 4) is 0 Å². The number of carbonyl (C=O) groups is 1. The van der Waals surface area contributed by atoms with Crippen LogP contribution in [0, 0.1) is 5.82 Å². The maximum atomic E-state index is 13.7. The zero-order valence-electron chi connectivity index (χ0n) is 11.2. The molecule has 0 saturated carbocycles. The quantitative estimate of drug-likeness (QED) is 0.894. The first-order valence-electron chi connectivity index (χ1n) is 6.69. The van der Waals surface area contributed by atoms with Gasteiger partial charge >= 0.3 is 0 Å². The molecule has 0 unspecified atom stereocenters. The second kappa shape index (κ2) is 5.95. The third-order valence-electron chi connectivity index (χ3n) is 3.54. The van der Waals surface area contributed by atoms with Gasteiger partial charge in [-0.25, -0.2) is 4.39 Å². The highest BCUT2D eigenvalue weighted by molar-refractivity contribution is 9.10. The first-order chi connectivity index (χ1) is 10.1. The molecule has 2 N–H and O–H groups in total. The fourth-order valence-electron chi connectivity index (χ4n) is 2.44. The molecule has 1 aliphatic heterocycles. The summed E-state index contributed by atoms with van der Waals surface area (Å²) < 4.78 is 14.2. The van der Waals surface area contributed by atoms with E-state index in [1.807, 2.05) is 6.07 Å². The molecule has 0 bridgehead atoms. The minimum absolute atomic E-state index is 0.0420. The van der Waals surface area contributed by atoms with Crippen molar-refractivity contribution >= 4 is 21.8 Å². The first-order valence-corrected chi connectivity index (χ1v) is 7.48. The summed E-state index contributed by atoms with van der Waals surface area (Å²) in [5.41, 5.74) is 3.61. The van der Waals surface area contributed by atoms with Crippen LogP contribution in [0.5, 0.6) is 0 Å². The lowest BCUT2D eigenvalue weighted by Gasteiger charge is -2.09. The molecule has 1 heterocycles. The van der Waals surface area contributed by atoms with Crippen LogP contribution in [0.25, 0.3) is 0 Å². The summed E-state index contributed by atoms with van der Waals surface area (Å²) in [7, 11) is 0. The Kier molecular flexibility index (Phi) is 4.03. The number of nitrogens with one attached hydrogen (secondary N) is 2. The van der Waals surface area contributed by atoms with Gasteiger partial charge in [-0.15, -0.1) is 0 Å². The van der Waals surface area contributed by atoms with E-state index in [0.717, 1.165) is 18.7 Å². The van der Waals surface area contributed by atoms with Crippen molar-refractivity contribution in [2.45, 2.75) is 19.6 Å². The van der Waals surface area contributed by atoms with E-state index in [4.69, 9.17) is 0 Å². The second-order valence-electron chi connectivity index (χ2n) is 4.99. The van der Waals surface area contributed by atoms with Crippen LogP contribution in [0.1, 0.15) is 27.0 Å². The van der Waals surface area contributed by atoms with E-state index in [2.05, 4.69) is 38.7 Å². The number of hydrogen-bond donors (Lipinski definition) is 2. The SMILES string of the molecule is O=C(NCc1ccc2c(c1)CNC2)c1c(F)cccc1Br. The Labute approximate surface area is 130 Å². The predicted molar refractivity (Wildman–Crippen MR) is 82.3 cm³/mol. The van der Waals surface area contributed by atoms with Crippen LogP contribution in [-0.4, -0.2) is 5.91 Å². The molecule has 1 aliphatic rings. The second-order valence-corrected chi connectivity index (χ2v) is 5.84. The smallest absolute Gasteiger partial charge is 0.255 e. The van der Waals surface area contributed by atoms with E-state index >= 15 is 0 Å². The molecule has 3 rings (SSSR count). The summed E-state index contributed by atoms with van der Waals surface area (Å²) in [6.07, 6.45) is 0. The van der Waals surface area contributed by atoms with Crippen molar-refractivity contribution in [1.29, 1.82) is 0 Å². The maximum Gasteiger partial charge on any atom is 0.255 e. The molecule has 0 aliphatic carbocycles. The molecule has 3 nitrogen and oxygen atoms in total. The lowest BCUT2D eigenvalue weighted by Crippen LogP contribution is -2.24. The fourth-order valence-corrected chi connectivity index (χ4v) is 2.97. The molecule has 2 aromatic rings. The van der Waals surface area contributed by atoms with Crippen molar-refractivity contribution in [3.63, 3.8) is 0 Å². The van der Waals surface area contributed by atoms with Gasteiger partial charge < -0.3 is 10.6 Å². The zero-order chi connectivity index (χ0) is 14.8. The fraction of sp³-hybridized carbons (Fsp3) is 0.188. The minimum Gasteiger partial charge on any atom is -0.348 e. The summed E-state index contributed by atoms with van der Waals surface area (Å²) in [6, 6.07) is 10.6. The van der Waals surface area contributed by atoms with Gasteiger partial charge in [0.15, 0.2) is 0 Å². The monoisotopic (exact) mass is 348 g/mol. The van der Waals surface area contributed by atoms with E-state index in [0.29, 0.717) is 11.0 Å². The Balaban J connectivity index is 1.71. The van der Waals surface area contributed by atoms with Crippen LogP contribution >= 0.6 is 15.9 Å². The van der Waals surface area contributed by atoms with E-state index < -0.39 is 11.7 Å². The Morgan fingerprint density at radius 1 is 1.24 bits per heavy atom. The Hall–Kier alpha value is -1.72. The number of halogens is 2. The van der Waals surface area contributed by atoms with Crippen molar-refractivity contribution in [2.24, 2.45) is 0 Å². The minimum atomic E-state index is -0.528. The van der Waals surface area contributed by atoms with Crippen LogP contribution in [0.4, 0.5) is 4.39 Å². The molecule has 1 amide bonds. The third-order valence-corrected chi connectivity index (χ3v) is 4.21. The molecule has 2 aromatic carbocycles. The molecule has 108 valence electrons. The molecule has 0 fully saturated rings. The predicted octanol–water partition coefficient (Wildman–Crippen LogP) is 3.12. The third kappa shape index (κ3) is 2.99. The van der Waals surface area contributed by atoms with Gasteiger partial charge in [-0.3, -0.25) is 4.79 Å². The van der Waals surface area contributed by atoms with Crippen LogP contribution in [0.2, 0.25) is 0 Å². The first kappa shape index (κ1) is 14.2. The lowest BCUT2D eigenvalue weighted by molar-refractivity contribution is 0.0946. The standard InChI is InChI=1S/C16H14BrFN2O/c17-13-2-1-3-14(18)15(13)16(21)20-7-10-4-5-11-8-19-9-12(11)6-10/h1-6,19H,7-9H2,(H,20,21). The molecule has 5 heteroatoms. The average Bonchev–Trinajstić information content (AvgIpc) is 2.92. The molecular formula is C16H14BrFN2O. The molecule has 21 heavy (non-hydrogen) atoms. The normalized spacial score (nSPS) is 13.0. The highest BCUT2D eigenvalue weighted by atomic mass is 79.9. The van der Waals surface area contributed by atoms with E-state index in [1.54, 1.807) is 12.1 Å². The lowest BCUT2D eigenvalue weighted by atomic mass is 10.1. The van der Waals surface area contributed by atoms with Crippen molar-refractivity contribution in [1.82, 2.24) is 10.6 Å². The molecule has 0 aromatic heterocycles. The summed E-state index contributed by atoms with van der Waals surface area (Å²) in [5, 5.41) is 6.04. The van der Waals surface area contributed by atoms with Gasteiger partial charge in [0.1, 0.15) is 5.82 Å². The van der Waals surface area contributed by atoms with Crippen molar-refractivity contribution in [2.75, 3.05) is 0 Å². The molecule has 0 saturated heterocycles. The molecular weight excluding hydrogens is 335 g/mol. The summed E-state index contributed by atoms with van der Waals surface area (Å²) in [4.78, 5) is 12.1. The van der Waals surface area contributed by atoms with Crippen LogP contribution in [0.15, 0.2) is 40.9 Å². The van der Waals surface area contributed by atoms with Gasteiger partial charge in [0.2, 0.25) is 0 Å². The largest absolute Gasteiger partial charge is 0.348 e. The summed E-state index contributed by atoms with van der Waals surface area (Å²) in [6.45, 7) is 2.13. The van der Waals surface area contributed by atoms with Gasteiger partial charge in [-0.1, -0.05) is 24.3 Å². The number of amides is 1.